The highest BCUT2D eigenvalue weighted by Crippen LogP contribution is 2.36. The number of benzene rings is 1. The number of methoxy groups -OCH3 is 2. The molecule has 0 spiro atoms. The molecule has 104 valence electrons. The van der Waals surface area contributed by atoms with Gasteiger partial charge in [-0.1, -0.05) is 0 Å². The smallest absolute Gasteiger partial charge is 0.141 e. The first-order chi connectivity index (χ1) is 8.36. The highest BCUT2D eigenvalue weighted by Gasteiger charge is 2.12. The van der Waals surface area contributed by atoms with Crippen LogP contribution in [-0.4, -0.2) is 45.9 Å². The number of rotatable bonds is 4. The molecule has 0 saturated carbocycles. The van der Waals surface area contributed by atoms with Crippen molar-refractivity contribution in [2.45, 2.75) is 0 Å². The Labute approximate surface area is 108 Å². The lowest BCUT2D eigenvalue weighted by atomic mass is 10.3. The van der Waals surface area contributed by atoms with E-state index in [-0.39, 0.29) is 6.61 Å². The SMILES string of the molecule is COCCO.COc1ccc(P(C)(C)=O)cc1N. The second-order valence-corrected chi connectivity index (χ2v) is 7.21. The maximum atomic E-state index is 11.7. The second-order valence-electron chi connectivity index (χ2n) is 3.99. The lowest BCUT2D eigenvalue weighted by Crippen LogP contribution is -2.05. The molecule has 0 atom stereocenters. The van der Waals surface area contributed by atoms with Crippen molar-refractivity contribution in [2.24, 2.45) is 0 Å². The monoisotopic (exact) mass is 275 g/mol. The Kier molecular flexibility index (Phi) is 7.67. The van der Waals surface area contributed by atoms with Gasteiger partial charge in [0.25, 0.3) is 0 Å². The molecule has 0 unspecified atom stereocenters. The van der Waals surface area contributed by atoms with Gasteiger partial charge in [-0.15, -0.1) is 0 Å². The maximum absolute atomic E-state index is 11.7. The van der Waals surface area contributed by atoms with Crippen LogP contribution in [0.25, 0.3) is 0 Å². The van der Waals surface area contributed by atoms with Gasteiger partial charge in [0.1, 0.15) is 12.9 Å². The van der Waals surface area contributed by atoms with E-state index in [1.54, 1.807) is 45.7 Å². The Morgan fingerprint density at radius 2 is 1.94 bits per heavy atom. The van der Waals surface area contributed by atoms with Crippen molar-refractivity contribution >= 4 is 18.1 Å². The largest absolute Gasteiger partial charge is 0.495 e. The van der Waals surface area contributed by atoms with E-state index in [2.05, 4.69) is 4.74 Å². The minimum atomic E-state index is -2.21. The zero-order valence-corrected chi connectivity index (χ0v) is 12.2. The molecule has 0 amide bonds. The van der Waals surface area contributed by atoms with Gasteiger partial charge >= 0.3 is 0 Å². The number of nitrogen functional groups attached to an aromatic ring is 1. The number of hydrogen-bond donors (Lipinski definition) is 2. The summed E-state index contributed by atoms with van der Waals surface area (Å²) >= 11 is 0. The third kappa shape index (κ3) is 6.05. The summed E-state index contributed by atoms with van der Waals surface area (Å²) in [5.74, 6) is 0.622. The maximum Gasteiger partial charge on any atom is 0.141 e. The standard InChI is InChI=1S/C9H14NO2P.C3H8O2/c1-12-9-5-4-7(6-8(9)10)13(2,3)11;1-5-3-2-4/h4-6H,10H2,1-3H3;4H,2-3H2,1H3. The molecule has 1 aromatic rings. The first-order valence-corrected chi connectivity index (χ1v) is 8.05. The molecule has 6 heteroatoms. The lowest BCUT2D eigenvalue weighted by molar-refractivity contribution is 0.135. The van der Waals surface area contributed by atoms with Crippen molar-refractivity contribution in [1.82, 2.24) is 0 Å². The number of anilines is 1. The number of nitrogens with two attached hydrogens (primary N) is 1. The Morgan fingerprint density at radius 1 is 1.33 bits per heavy atom. The molecule has 0 aromatic heterocycles. The van der Waals surface area contributed by atoms with Crippen molar-refractivity contribution in [3.05, 3.63) is 18.2 Å². The summed E-state index contributed by atoms with van der Waals surface area (Å²) < 4.78 is 21.1. The van der Waals surface area contributed by atoms with E-state index in [0.717, 1.165) is 5.30 Å². The number of ether oxygens (including phenoxy) is 2. The van der Waals surface area contributed by atoms with Crippen molar-refractivity contribution in [2.75, 3.05) is 46.5 Å². The zero-order valence-electron chi connectivity index (χ0n) is 11.3. The van der Waals surface area contributed by atoms with E-state index in [0.29, 0.717) is 18.0 Å². The summed E-state index contributed by atoms with van der Waals surface area (Å²) in [7, 11) is 0.899. The summed E-state index contributed by atoms with van der Waals surface area (Å²) in [5, 5.41) is 8.72. The van der Waals surface area contributed by atoms with E-state index >= 15 is 0 Å². The van der Waals surface area contributed by atoms with Gasteiger partial charge in [-0.2, -0.15) is 0 Å². The van der Waals surface area contributed by atoms with Crippen LogP contribution in [0, 0.1) is 0 Å². The van der Waals surface area contributed by atoms with Crippen LogP contribution in [0.2, 0.25) is 0 Å². The van der Waals surface area contributed by atoms with E-state index in [9.17, 15) is 4.57 Å². The molecular formula is C12H22NO4P. The Balaban J connectivity index is 0.000000494. The normalized spacial score (nSPS) is 10.5. The Bertz CT molecular complexity index is 401. The topological polar surface area (TPSA) is 81.8 Å². The van der Waals surface area contributed by atoms with Crippen LogP contribution in [0.4, 0.5) is 5.69 Å². The van der Waals surface area contributed by atoms with Crippen LogP contribution >= 0.6 is 7.14 Å². The highest BCUT2D eigenvalue weighted by molar-refractivity contribution is 7.70. The number of aliphatic hydroxyl groups is 1. The molecule has 0 aliphatic heterocycles. The van der Waals surface area contributed by atoms with Gasteiger partial charge < -0.3 is 24.9 Å². The average molecular weight is 275 g/mol. The molecule has 3 N–H and O–H groups in total. The van der Waals surface area contributed by atoms with E-state index < -0.39 is 7.14 Å². The van der Waals surface area contributed by atoms with Crippen LogP contribution in [0.15, 0.2) is 18.2 Å². The zero-order chi connectivity index (χ0) is 14.2. The average Bonchev–Trinajstić information content (AvgIpc) is 2.29. The molecule has 0 radical (unpaired) electrons. The molecule has 0 fully saturated rings. The van der Waals surface area contributed by atoms with Gasteiger partial charge in [-0.05, 0) is 31.5 Å². The predicted molar refractivity (Wildman–Crippen MR) is 75.5 cm³/mol. The van der Waals surface area contributed by atoms with Crippen LogP contribution in [-0.2, 0) is 9.30 Å². The summed E-state index contributed by atoms with van der Waals surface area (Å²) in [6, 6.07) is 5.24. The van der Waals surface area contributed by atoms with Crippen LogP contribution in [0.5, 0.6) is 5.75 Å². The van der Waals surface area contributed by atoms with Crippen LogP contribution < -0.4 is 15.8 Å². The summed E-state index contributed by atoms with van der Waals surface area (Å²) in [6.07, 6.45) is 0. The second kappa shape index (κ2) is 8.14. The Hall–Kier alpha value is -1.03. The lowest BCUT2D eigenvalue weighted by Gasteiger charge is -2.09. The first-order valence-electron chi connectivity index (χ1n) is 5.45. The predicted octanol–water partition coefficient (Wildman–Crippen LogP) is 1.15. The van der Waals surface area contributed by atoms with Crippen molar-refractivity contribution < 1.29 is 19.1 Å². The third-order valence-electron chi connectivity index (χ3n) is 2.13. The molecule has 0 heterocycles. The molecule has 0 aliphatic carbocycles. The Morgan fingerprint density at radius 3 is 2.22 bits per heavy atom. The fraction of sp³-hybridized carbons (Fsp3) is 0.500. The molecule has 1 rings (SSSR count). The number of aliphatic hydroxyl groups excluding tert-OH is 1. The van der Waals surface area contributed by atoms with E-state index in [1.807, 2.05) is 0 Å². The molecule has 1 aromatic carbocycles. The summed E-state index contributed by atoms with van der Waals surface area (Å²) in [6.45, 7) is 4.00. The fourth-order valence-electron chi connectivity index (χ4n) is 1.15. The minimum Gasteiger partial charge on any atom is -0.495 e. The van der Waals surface area contributed by atoms with Crippen LogP contribution in [0.1, 0.15) is 0 Å². The molecule has 0 aliphatic rings. The van der Waals surface area contributed by atoms with Gasteiger partial charge in [0, 0.05) is 12.4 Å². The van der Waals surface area contributed by atoms with Crippen LogP contribution in [0.3, 0.4) is 0 Å². The molecule has 5 nitrogen and oxygen atoms in total. The van der Waals surface area contributed by atoms with Gasteiger partial charge in [0.15, 0.2) is 0 Å². The highest BCUT2D eigenvalue weighted by atomic mass is 31.2. The molecule has 18 heavy (non-hydrogen) atoms. The summed E-state index contributed by atoms with van der Waals surface area (Å²) in [5.41, 5.74) is 6.21. The van der Waals surface area contributed by atoms with E-state index in [1.165, 1.54) is 0 Å². The van der Waals surface area contributed by atoms with Crippen molar-refractivity contribution in [3.8, 4) is 5.75 Å². The van der Waals surface area contributed by atoms with Crippen molar-refractivity contribution in [1.29, 1.82) is 0 Å². The van der Waals surface area contributed by atoms with Gasteiger partial charge in [-0.3, -0.25) is 0 Å². The third-order valence-corrected chi connectivity index (χ3v) is 3.65. The minimum absolute atomic E-state index is 0.122. The van der Waals surface area contributed by atoms with Gasteiger partial charge in [0.2, 0.25) is 0 Å². The quantitative estimate of drug-likeness (QED) is 0.636. The molecular weight excluding hydrogens is 253 g/mol. The van der Waals surface area contributed by atoms with Crippen molar-refractivity contribution in [3.63, 3.8) is 0 Å². The summed E-state index contributed by atoms with van der Waals surface area (Å²) in [4.78, 5) is 0. The fourth-order valence-corrected chi connectivity index (χ4v) is 2.03. The van der Waals surface area contributed by atoms with Gasteiger partial charge in [-0.25, -0.2) is 0 Å². The van der Waals surface area contributed by atoms with E-state index in [4.69, 9.17) is 15.6 Å². The first kappa shape index (κ1) is 17.0. The molecule has 0 saturated heterocycles. The van der Waals surface area contributed by atoms with Gasteiger partial charge in [0.05, 0.1) is 26.0 Å². The molecule has 0 bridgehead atoms. The number of hydrogen-bond acceptors (Lipinski definition) is 5.